The van der Waals surface area contributed by atoms with Crippen molar-refractivity contribution >= 4 is 12.1 Å². The zero-order valence-corrected chi connectivity index (χ0v) is 12.5. The molecule has 112 valence electrons. The van der Waals surface area contributed by atoms with Crippen molar-refractivity contribution in [3.05, 3.63) is 0 Å². The molecule has 0 bridgehead atoms. The van der Waals surface area contributed by atoms with Crippen LogP contribution in [0.3, 0.4) is 0 Å². The number of amides is 1. The number of ether oxygens (including phenoxy) is 2. The van der Waals surface area contributed by atoms with Gasteiger partial charge in [0.1, 0.15) is 5.60 Å². The molecule has 19 heavy (non-hydrogen) atoms. The van der Waals surface area contributed by atoms with E-state index >= 15 is 0 Å². The Hall–Kier alpha value is -1.30. The highest BCUT2D eigenvalue weighted by molar-refractivity contribution is 5.82. The van der Waals surface area contributed by atoms with Crippen molar-refractivity contribution in [1.29, 1.82) is 0 Å². The number of nitrogens with one attached hydrogen (secondary N) is 1. The molecule has 6 nitrogen and oxygen atoms in total. The second-order valence-corrected chi connectivity index (χ2v) is 5.61. The van der Waals surface area contributed by atoms with Crippen LogP contribution in [0, 0.1) is 5.92 Å². The summed E-state index contributed by atoms with van der Waals surface area (Å²) < 4.78 is 9.89. The predicted octanol–water partition coefficient (Wildman–Crippen LogP) is 1.46. The molecule has 0 saturated carbocycles. The van der Waals surface area contributed by atoms with Crippen LogP contribution in [0.5, 0.6) is 0 Å². The minimum atomic E-state index is -1.13. The maximum atomic E-state index is 11.7. The molecule has 0 aromatic carbocycles. The van der Waals surface area contributed by atoms with Gasteiger partial charge in [0.05, 0.1) is 12.7 Å². The summed E-state index contributed by atoms with van der Waals surface area (Å²) >= 11 is 0. The Morgan fingerprint density at radius 3 is 2.16 bits per heavy atom. The van der Waals surface area contributed by atoms with E-state index in [0.717, 1.165) is 0 Å². The van der Waals surface area contributed by atoms with E-state index in [0.29, 0.717) is 0 Å². The lowest BCUT2D eigenvalue weighted by Gasteiger charge is -2.27. The maximum absolute atomic E-state index is 11.7. The molecule has 0 aromatic heterocycles. The summed E-state index contributed by atoms with van der Waals surface area (Å²) in [5.41, 5.74) is -0.675. The average Bonchev–Trinajstić information content (AvgIpc) is 2.22. The monoisotopic (exact) mass is 275 g/mol. The number of aliphatic hydroxyl groups excluding tert-OH is 1. The second kappa shape index (κ2) is 7.33. The molecule has 1 amide bonds. The van der Waals surface area contributed by atoms with Crippen molar-refractivity contribution in [2.75, 3.05) is 6.61 Å². The SMILES string of the molecule is CCOC(=O)[C@@H](NC(=O)OC(C)(C)C)[C@H](O)C(C)C. The van der Waals surface area contributed by atoms with Crippen LogP contribution in [-0.4, -0.2) is 41.5 Å². The third kappa shape index (κ3) is 7.00. The van der Waals surface area contributed by atoms with E-state index in [1.165, 1.54) is 0 Å². The van der Waals surface area contributed by atoms with Crippen LogP contribution in [0.1, 0.15) is 41.5 Å². The van der Waals surface area contributed by atoms with Gasteiger partial charge in [0.15, 0.2) is 6.04 Å². The number of hydrogen-bond acceptors (Lipinski definition) is 5. The van der Waals surface area contributed by atoms with Gasteiger partial charge in [0.25, 0.3) is 0 Å². The number of carbonyl (C=O) groups excluding carboxylic acids is 2. The Morgan fingerprint density at radius 1 is 1.26 bits per heavy atom. The lowest BCUT2D eigenvalue weighted by Crippen LogP contribution is -2.52. The first kappa shape index (κ1) is 17.7. The van der Waals surface area contributed by atoms with Crippen molar-refractivity contribution in [2.24, 2.45) is 5.92 Å². The molecule has 0 aliphatic carbocycles. The van der Waals surface area contributed by atoms with Gasteiger partial charge in [-0.2, -0.15) is 0 Å². The largest absolute Gasteiger partial charge is 0.464 e. The van der Waals surface area contributed by atoms with Crippen molar-refractivity contribution < 1.29 is 24.2 Å². The maximum Gasteiger partial charge on any atom is 0.408 e. The van der Waals surface area contributed by atoms with Gasteiger partial charge in [0.2, 0.25) is 0 Å². The normalized spacial score (nSPS) is 14.7. The molecule has 0 spiro atoms. The summed E-state index contributed by atoms with van der Waals surface area (Å²) in [4.78, 5) is 23.4. The van der Waals surface area contributed by atoms with E-state index in [2.05, 4.69) is 5.32 Å². The second-order valence-electron chi connectivity index (χ2n) is 5.61. The third-order valence-corrected chi connectivity index (χ3v) is 2.24. The average molecular weight is 275 g/mol. The topological polar surface area (TPSA) is 84.9 Å². The molecular weight excluding hydrogens is 250 g/mol. The summed E-state index contributed by atoms with van der Waals surface area (Å²) in [5.74, 6) is -0.876. The molecule has 2 N–H and O–H groups in total. The summed E-state index contributed by atoms with van der Waals surface area (Å²) in [5, 5.41) is 12.3. The smallest absolute Gasteiger partial charge is 0.408 e. The first-order valence-electron chi connectivity index (χ1n) is 6.42. The number of esters is 1. The highest BCUT2D eigenvalue weighted by Gasteiger charge is 2.33. The molecule has 2 atom stereocenters. The Kier molecular flexibility index (Phi) is 6.83. The fraction of sp³-hybridized carbons (Fsp3) is 0.846. The third-order valence-electron chi connectivity index (χ3n) is 2.24. The molecule has 0 aromatic rings. The Balaban J connectivity index is 4.76. The number of rotatable bonds is 5. The molecule has 0 rings (SSSR count). The molecule has 0 heterocycles. The molecule has 0 fully saturated rings. The van der Waals surface area contributed by atoms with E-state index in [9.17, 15) is 14.7 Å². The molecule has 0 aliphatic rings. The fourth-order valence-electron chi connectivity index (χ4n) is 1.34. The van der Waals surface area contributed by atoms with E-state index in [-0.39, 0.29) is 12.5 Å². The summed E-state index contributed by atoms with van der Waals surface area (Å²) in [7, 11) is 0. The Labute approximate surface area is 114 Å². The van der Waals surface area contributed by atoms with Crippen LogP contribution in [0.2, 0.25) is 0 Å². The van der Waals surface area contributed by atoms with Gasteiger partial charge in [-0.25, -0.2) is 9.59 Å². The lowest BCUT2D eigenvalue weighted by atomic mass is 10.00. The minimum absolute atomic E-state index is 0.177. The number of aliphatic hydroxyl groups is 1. The molecular formula is C13H25NO5. The number of hydrogen-bond donors (Lipinski definition) is 2. The predicted molar refractivity (Wildman–Crippen MR) is 70.6 cm³/mol. The fourth-order valence-corrected chi connectivity index (χ4v) is 1.34. The van der Waals surface area contributed by atoms with Gasteiger partial charge in [0, 0.05) is 0 Å². The zero-order valence-electron chi connectivity index (χ0n) is 12.5. The summed E-state index contributed by atoms with van der Waals surface area (Å²) in [6.45, 7) is 10.5. The first-order valence-corrected chi connectivity index (χ1v) is 6.42. The molecule has 6 heteroatoms. The van der Waals surface area contributed by atoms with Crippen LogP contribution in [0.4, 0.5) is 4.79 Å². The Morgan fingerprint density at radius 2 is 1.79 bits per heavy atom. The quantitative estimate of drug-likeness (QED) is 0.742. The standard InChI is InChI=1S/C13H25NO5/c1-7-18-11(16)9(10(15)8(2)3)14-12(17)19-13(4,5)6/h8-10,15H,7H2,1-6H3,(H,14,17)/t9-,10+/m0/s1. The number of alkyl carbamates (subject to hydrolysis) is 1. The highest BCUT2D eigenvalue weighted by Crippen LogP contribution is 2.11. The number of carbonyl (C=O) groups is 2. The van der Waals surface area contributed by atoms with Crippen molar-refractivity contribution in [2.45, 2.75) is 59.3 Å². The van der Waals surface area contributed by atoms with Crippen molar-refractivity contribution in [3.8, 4) is 0 Å². The Bertz CT molecular complexity index is 309. The van der Waals surface area contributed by atoms with Crippen LogP contribution in [-0.2, 0) is 14.3 Å². The van der Waals surface area contributed by atoms with Gasteiger partial charge < -0.3 is 19.9 Å². The molecule has 0 unspecified atom stereocenters. The van der Waals surface area contributed by atoms with E-state index in [1.54, 1.807) is 41.5 Å². The van der Waals surface area contributed by atoms with Gasteiger partial charge in [-0.05, 0) is 33.6 Å². The molecule has 0 radical (unpaired) electrons. The summed E-state index contributed by atoms with van der Waals surface area (Å²) in [6.07, 6.45) is -1.79. The summed E-state index contributed by atoms with van der Waals surface area (Å²) in [6, 6.07) is -1.13. The van der Waals surface area contributed by atoms with Crippen LogP contribution < -0.4 is 5.32 Å². The minimum Gasteiger partial charge on any atom is -0.464 e. The van der Waals surface area contributed by atoms with Gasteiger partial charge in [-0.1, -0.05) is 13.8 Å². The molecule has 0 saturated heterocycles. The van der Waals surface area contributed by atoms with E-state index in [1.807, 2.05) is 0 Å². The first-order chi connectivity index (χ1) is 8.58. The van der Waals surface area contributed by atoms with Crippen molar-refractivity contribution in [3.63, 3.8) is 0 Å². The van der Waals surface area contributed by atoms with E-state index < -0.39 is 29.8 Å². The van der Waals surface area contributed by atoms with Crippen molar-refractivity contribution in [1.82, 2.24) is 5.32 Å². The van der Waals surface area contributed by atoms with Gasteiger partial charge >= 0.3 is 12.1 Å². The highest BCUT2D eigenvalue weighted by atomic mass is 16.6. The van der Waals surface area contributed by atoms with Crippen LogP contribution >= 0.6 is 0 Å². The van der Waals surface area contributed by atoms with Gasteiger partial charge in [-0.15, -0.1) is 0 Å². The van der Waals surface area contributed by atoms with Crippen LogP contribution in [0.15, 0.2) is 0 Å². The van der Waals surface area contributed by atoms with Crippen LogP contribution in [0.25, 0.3) is 0 Å². The van der Waals surface area contributed by atoms with E-state index in [4.69, 9.17) is 9.47 Å². The molecule has 0 aliphatic heterocycles. The zero-order chi connectivity index (χ0) is 15.2. The lowest BCUT2D eigenvalue weighted by molar-refractivity contribution is -0.149. The van der Waals surface area contributed by atoms with Gasteiger partial charge in [-0.3, -0.25) is 0 Å².